The summed E-state index contributed by atoms with van der Waals surface area (Å²) in [5.74, 6) is -1.18. The zero-order valence-electron chi connectivity index (χ0n) is 12.9. The number of sulfonamides is 1. The van der Waals surface area contributed by atoms with Crippen LogP contribution in [-0.4, -0.2) is 45.8 Å². The number of carboxylic acid groups (broad SMARTS) is 1. The van der Waals surface area contributed by atoms with Crippen molar-refractivity contribution >= 4 is 21.7 Å². The Bertz CT molecular complexity index is 616. The Morgan fingerprint density at radius 1 is 1.41 bits per heavy atom. The Labute approximate surface area is 130 Å². The van der Waals surface area contributed by atoms with Gasteiger partial charge >= 0.3 is 5.97 Å². The van der Waals surface area contributed by atoms with Gasteiger partial charge in [0, 0.05) is 25.4 Å². The number of carboxylic acids is 1. The van der Waals surface area contributed by atoms with Crippen LogP contribution in [0.25, 0.3) is 0 Å². The molecule has 22 heavy (non-hydrogen) atoms. The topological polar surface area (TPSA) is 105 Å². The molecule has 1 aromatic carbocycles. The van der Waals surface area contributed by atoms with E-state index in [2.05, 4.69) is 10.0 Å². The molecule has 1 aromatic rings. The van der Waals surface area contributed by atoms with Gasteiger partial charge in [0.2, 0.25) is 10.0 Å². The second-order valence-corrected chi connectivity index (χ2v) is 6.63. The molecule has 0 radical (unpaired) electrons. The van der Waals surface area contributed by atoms with Crippen LogP contribution < -0.4 is 10.0 Å². The maximum absolute atomic E-state index is 12.2. The van der Waals surface area contributed by atoms with Crippen LogP contribution in [0.4, 0.5) is 5.69 Å². The summed E-state index contributed by atoms with van der Waals surface area (Å²) in [6, 6.07) is 3.59. The molecule has 0 amide bonds. The first-order valence-corrected chi connectivity index (χ1v) is 8.42. The molecule has 3 N–H and O–H groups in total. The average molecular weight is 330 g/mol. The van der Waals surface area contributed by atoms with E-state index in [-0.39, 0.29) is 17.1 Å². The smallest absolute Gasteiger partial charge is 0.337 e. The molecular weight excluding hydrogens is 308 g/mol. The largest absolute Gasteiger partial charge is 0.478 e. The third-order valence-corrected chi connectivity index (χ3v) is 4.46. The molecule has 0 bridgehead atoms. The van der Waals surface area contributed by atoms with E-state index in [0.717, 1.165) is 12.5 Å². The number of hydrogen-bond acceptors (Lipinski definition) is 5. The number of nitrogens with one attached hydrogen (secondary N) is 2. The van der Waals surface area contributed by atoms with Gasteiger partial charge in [-0.15, -0.1) is 0 Å². The monoisotopic (exact) mass is 330 g/mol. The maximum Gasteiger partial charge on any atom is 0.337 e. The van der Waals surface area contributed by atoms with Crippen LogP contribution in [0.5, 0.6) is 0 Å². The SMILES string of the molecule is CCCNc1ccc(S(=O)(=O)NC(C)COC)cc1C(=O)O. The number of ether oxygens (including phenoxy) is 1. The van der Waals surface area contributed by atoms with E-state index in [0.29, 0.717) is 12.2 Å². The summed E-state index contributed by atoms with van der Waals surface area (Å²) in [6.45, 7) is 4.44. The highest BCUT2D eigenvalue weighted by Crippen LogP contribution is 2.21. The predicted octanol–water partition coefficient (Wildman–Crippen LogP) is 1.52. The first kappa shape index (κ1) is 18.4. The Morgan fingerprint density at radius 2 is 2.09 bits per heavy atom. The van der Waals surface area contributed by atoms with Crippen molar-refractivity contribution in [1.29, 1.82) is 0 Å². The molecule has 0 spiro atoms. The third kappa shape index (κ3) is 4.97. The first-order chi connectivity index (χ1) is 10.3. The molecule has 124 valence electrons. The van der Waals surface area contributed by atoms with Gasteiger partial charge in [-0.25, -0.2) is 17.9 Å². The minimum Gasteiger partial charge on any atom is -0.478 e. The summed E-state index contributed by atoms with van der Waals surface area (Å²) in [6.07, 6.45) is 0.829. The molecule has 0 saturated heterocycles. The van der Waals surface area contributed by atoms with Crippen molar-refractivity contribution in [3.8, 4) is 0 Å². The molecule has 0 aromatic heterocycles. The van der Waals surface area contributed by atoms with Crippen molar-refractivity contribution in [2.75, 3.05) is 25.6 Å². The molecule has 0 aliphatic carbocycles. The second-order valence-electron chi connectivity index (χ2n) is 4.92. The van der Waals surface area contributed by atoms with Gasteiger partial charge in [-0.3, -0.25) is 0 Å². The third-order valence-electron chi connectivity index (χ3n) is 2.87. The molecular formula is C14H22N2O5S. The van der Waals surface area contributed by atoms with Crippen LogP contribution >= 0.6 is 0 Å². The zero-order chi connectivity index (χ0) is 16.8. The van der Waals surface area contributed by atoms with Crippen molar-refractivity contribution in [2.45, 2.75) is 31.2 Å². The lowest BCUT2D eigenvalue weighted by molar-refractivity contribution is 0.0697. The van der Waals surface area contributed by atoms with Crippen LogP contribution in [0.15, 0.2) is 23.1 Å². The van der Waals surface area contributed by atoms with Gasteiger partial charge in [-0.1, -0.05) is 6.92 Å². The summed E-state index contributed by atoms with van der Waals surface area (Å²) >= 11 is 0. The first-order valence-electron chi connectivity index (χ1n) is 6.94. The minimum absolute atomic E-state index is 0.0734. The second kappa shape index (κ2) is 8.11. The highest BCUT2D eigenvalue weighted by molar-refractivity contribution is 7.89. The number of rotatable bonds is 9. The van der Waals surface area contributed by atoms with E-state index in [1.807, 2.05) is 6.92 Å². The van der Waals surface area contributed by atoms with Crippen molar-refractivity contribution in [3.05, 3.63) is 23.8 Å². The van der Waals surface area contributed by atoms with Crippen molar-refractivity contribution in [3.63, 3.8) is 0 Å². The molecule has 0 aliphatic heterocycles. The van der Waals surface area contributed by atoms with E-state index in [4.69, 9.17) is 4.74 Å². The Hall–Kier alpha value is -1.64. The van der Waals surface area contributed by atoms with Gasteiger partial charge < -0.3 is 15.2 Å². The summed E-state index contributed by atoms with van der Waals surface area (Å²) < 4.78 is 31.8. The fraction of sp³-hybridized carbons (Fsp3) is 0.500. The summed E-state index contributed by atoms with van der Waals surface area (Å²) in [4.78, 5) is 11.2. The fourth-order valence-electron chi connectivity index (χ4n) is 1.90. The summed E-state index contributed by atoms with van der Waals surface area (Å²) in [5, 5.41) is 12.2. The van der Waals surface area contributed by atoms with E-state index in [1.54, 1.807) is 6.92 Å². The van der Waals surface area contributed by atoms with Gasteiger partial charge in [0.05, 0.1) is 17.1 Å². The predicted molar refractivity (Wildman–Crippen MR) is 83.8 cm³/mol. The lowest BCUT2D eigenvalue weighted by Gasteiger charge is -2.15. The maximum atomic E-state index is 12.2. The minimum atomic E-state index is -3.80. The Morgan fingerprint density at radius 3 is 2.64 bits per heavy atom. The van der Waals surface area contributed by atoms with E-state index < -0.39 is 22.0 Å². The lowest BCUT2D eigenvalue weighted by Crippen LogP contribution is -2.35. The number of carbonyl (C=O) groups is 1. The number of methoxy groups -OCH3 is 1. The number of hydrogen-bond donors (Lipinski definition) is 3. The Balaban J connectivity index is 3.10. The number of benzene rings is 1. The van der Waals surface area contributed by atoms with Gasteiger partial charge in [0.15, 0.2) is 0 Å². The normalized spacial score (nSPS) is 12.9. The molecule has 8 heteroatoms. The van der Waals surface area contributed by atoms with Gasteiger partial charge in [-0.2, -0.15) is 0 Å². The van der Waals surface area contributed by atoms with Gasteiger partial charge in [0.1, 0.15) is 0 Å². The quantitative estimate of drug-likeness (QED) is 0.634. The Kier molecular flexibility index (Phi) is 6.79. The highest BCUT2D eigenvalue weighted by Gasteiger charge is 2.20. The van der Waals surface area contributed by atoms with Crippen LogP contribution in [0, 0.1) is 0 Å². The van der Waals surface area contributed by atoms with Crippen molar-refractivity contribution < 1.29 is 23.1 Å². The molecule has 0 heterocycles. The van der Waals surface area contributed by atoms with Crippen LogP contribution in [0.1, 0.15) is 30.6 Å². The lowest BCUT2D eigenvalue weighted by atomic mass is 10.2. The van der Waals surface area contributed by atoms with Crippen molar-refractivity contribution in [2.24, 2.45) is 0 Å². The summed E-state index contributed by atoms with van der Waals surface area (Å²) in [7, 11) is -2.32. The number of aromatic carboxylic acids is 1. The fourth-order valence-corrected chi connectivity index (χ4v) is 3.15. The molecule has 0 saturated carbocycles. The van der Waals surface area contributed by atoms with E-state index >= 15 is 0 Å². The molecule has 0 aliphatic rings. The standard InChI is InChI=1S/C14H22N2O5S/c1-4-7-15-13-6-5-11(8-12(13)14(17)18)22(19,20)16-10(2)9-21-3/h5-6,8,10,15-16H,4,7,9H2,1-3H3,(H,17,18). The van der Waals surface area contributed by atoms with E-state index in [9.17, 15) is 18.3 Å². The molecule has 1 rings (SSSR count). The van der Waals surface area contributed by atoms with Crippen molar-refractivity contribution in [1.82, 2.24) is 4.72 Å². The van der Waals surface area contributed by atoms with Crippen LogP contribution in [0.2, 0.25) is 0 Å². The molecule has 7 nitrogen and oxygen atoms in total. The molecule has 1 atom stereocenters. The highest BCUT2D eigenvalue weighted by atomic mass is 32.2. The molecule has 1 unspecified atom stereocenters. The zero-order valence-corrected chi connectivity index (χ0v) is 13.7. The average Bonchev–Trinajstić information content (AvgIpc) is 2.44. The van der Waals surface area contributed by atoms with Crippen LogP contribution in [0.3, 0.4) is 0 Å². The van der Waals surface area contributed by atoms with Crippen LogP contribution in [-0.2, 0) is 14.8 Å². The molecule has 0 fully saturated rings. The van der Waals surface area contributed by atoms with Gasteiger partial charge in [-0.05, 0) is 31.5 Å². The summed E-state index contributed by atoms with van der Waals surface area (Å²) in [5.41, 5.74) is 0.328. The van der Waals surface area contributed by atoms with E-state index in [1.165, 1.54) is 19.2 Å². The number of anilines is 1. The van der Waals surface area contributed by atoms with Gasteiger partial charge in [0.25, 0.3) is 0 Å².